The van der Waals surface area contributed by atoms with E-state index in [4.69, 9.17) is 9.15 Å². The van der Waals surface area contributed by atoms with E-state index < -0.39 is 11.7 Å². The van der Waals surface area contributed by atoms with Crippen molar-refractivity contribution in [3.63, 3.8) is 0 Å². The lowest BCUT2D eigenvalue weighted by molar-refractivity contribution is 0.102. The molecular formula is C18H14FNO3. The maximum Gasteiger partial charge on any atom is 0.259 e. The summed E-state index contributed by atoms with van der Waals surface area (Å²) in [5.74, 6) is -0.758. The summed E-state index contributed by atoms with van der Waals surface area (Å²) in [6.07, 6.45) is 2.67. The molecule has 0 spiro atoms. The van der Waals surface area contributed by atoms with E-state index in [1.807, 2.05) is 30.3 Å². The number of nitrogens with one attached hydrogen (secondary N) is 1. The summed E-state index contributed by atoms with van der Waals surface area (Å²) in [6.45, 7) is 0.277. The molecule has 0 bridgehead atoms. The van der Waals surface area contributed by atoms with Crippen molar-refractivity contribution in [3.8, 4) is 5.75 Å². The van der Waals surface area contributed by atoms with Crippen LogP contribution < -0.4 is 10.1 Å². The number of anilines is 1. The van der Waals surface area contributed by atoms with E-state index in [2.05, 4.69) is 5.32 Å². The standard InChI is InChI=1S/C18H14FNO3/c19-15-7-4-8-16(23-11-13-5-2-1-3-6-13)17(15)20-18(21)14-9-10-22-12-14/h1-10,12H,11H2,(H,20,21). The Labute approximate surface area is 132 Å². The maximum absolute atomic E-state index is 14.1. The normalized spacial score (nSPS) is 10.3. The number of hydrogen-bond acceptors (Lipinski definition) is 3. The lowest BCUT2D eigenvalue weighted by Gasteiger charge is -2.13. The van der Waals surface area contributed by atoms with E-state index >= 15 is 0 Å². The summed E-state index contributed by atoms with van der Waals surface area (Å²) in [7, 11) is 0. The quantitative estimate of drug-likeness (QED) is 0.766. The van der Waals surface area contributed by atoms with Crippen LogP contribution >= 0.6 is 0 Å². The lowest BCUT2D eigenvalue weighted by Crippen LogP contribution is -2.13. The second-order valence-corrected chi connectivity index (χ2v) is 4.85. The molecule has 0 atom stereocenters. The maximum atomic E-state index is 14.1. The molecule has 23 heavy (non-hydrogen) atoms. The predicted molar refractivity (Wildman–Crippen MR) is 83.8 cm³/mol. The van der Waals surface area contributed by atoms with Gasteiger partial charge < -0.3 is 14.5 Å². The van der Waals surface area contributed by atoms with E-state index in [1.165, 1.54) is 30.7 Å². The van der Waals surface area contributed by atoms with Crippen molar-refractivity contribution < 1.29 is 18.3 Å². The molecule has 0 saturated carbocycles. The molecule has 0 saturated heterocycles. The minimum absolute atomic E-state index is 0.00892. The first-order chi connectivity index (χ1) is 11.2. The van der Waals surface area contributed by atoms with E-state index in [-0.39, 0.29) is 18.0 Å². The van der Waals surface area contributed by atoms with E-state index in [0.29, 0.717) is 5.56 Å². The number of amides is 1. The van der Waals surface area contributed by atoms with Gasteiger partial charge in [-0.05, 0) is 23.8 Å². The number of ether oxygens (including phenoxy) is 1. The molecule has 0 aliphatic heterocycles. The third kappa shape index (κ3) is 3.58. The second-order valence-electron chi connectivity index (χ2n) is 4.85. The molecule has 0 aliphatic carbocycles. The van der Waals surface area contributed by atoms with Gasteiger partial charge >= 0.3 is 0 Å². The molecule has 0 aliphatic rings. The Morgan fingerprint density at radius 1 is 1.09 bits per heavy atom. The molecule has 1 amide bonds. The van der Waals surface area contributed by atoms with Gasteiger partial charge in [0.1, 0.15) is 24.3 Å². The number of furan rings is 1. The van der Waals surface area contributed by atoms with Gasteiger partial charge in [0, 0.05) is 0 Å². The number of rotatable bonds is 5. The summed E-state index contributed by atoms with van der Waals surface area (Å²) < 4.78 is 24.6. The summed E-state index contributed by atoms with van der Waals surface area (Å²) in [6, 6.07) is 15.4. The van der Waals surface area contributed by atoms with Crippen LogP contribution in [0.4, 0.5) is 10.1 Å². The van der Waals surface area contributed by atoms with Gasteiger partial charge in [-0.25, -0.2) is 4.39 Å². The molecule has 0 unspecified atom stereocenters. The van der Waals surface area contributed by atoms with E-state index in [0.717, 1.165) is 5.56 Å². The SMILES string of the molecule is O=C(Nc1c(F)cccc1OCc1ccccc1)c1ccoc1. The fraction of sp³-hybridized carbons (Fsp3) is 0.0556. The van der Waals surface area contributed by atoms with Crippen molar-refractivity contribution >= 4 is 11.6 Å². The van der Waals surface area contributed by atoms with Crippen LogP contribution in [0.1, 0.15) is 15.9 Å². The van der Waals surface area contributed by atoms with Crippen molar-refractivity contribution in [2.75, 3.05) is 5.32 Å². The topological polar surface area (TPSA) is 51.5 Å². The summed E-state index contributed by atoms with van der Waals surface area (Å²) >= 11 is 0. The Hall–Kier alpha value is -3.08. The Balaban J connectivity index is 1.78. The largest absolute Gasteiger partial charge is 0.487 e. The van der Waals surface area contributed by atoms with Gasteiger partial charge in [-0.2, -0.15) is 0 Å². The fourth-order valence-electron chi connectivity index (χ4n) is 2.06. The van der Waals surface area contributed by atoms with E-state index in [1.54, 1.807) is 6.07 Å². The molecule has 1 heterocycles. The van der Waals surface area contributed by atoms with Gasteiger partial charge in [-0.1, -0.05) is 36.4 Å². The van der Waals surface area contributed by atoms with Crippen LogP contribution in [-0.2, 0) is 6.61 Å². The van der Waals surface area contributed by atoms with Gasteiger partial charge in [0.05, 0.1) is 11.8 Å². The average Bonchev–Trinajstić information content (AvgIpc) is 3.11. The van der Waals surface area contributed by atoms with Crippen molar-refractivity contribution in [2.24, 2.45) is 0 Å². The molecule has 3 rings (SSSR count). The third-order valence-electron chi connectivity index (χ3n) is 3.23. The van der Waals surface area contributed by atoms with Crippen molar-refractivity contribution in [1.82, 2.24) is 0 Å². The Kier molecular flexibility index (Phi) is 4.38. The molecular weight excluding hydrogens is 297 g/mol. The number of hydrogen-bond donors (Lipinski definition) is 1. The average molecular weight is 311 g/mol. The van der Waals surface area contributed by atoms with Crippen LogP contribution in [-0.4, -0.2) is 5.91 Å². The van der Waals surface area contributed by atoms with E-state index in [9.17, 15) is 9.18 Å². The molecule has 4 nitrogen and oxygen atoms in total. The Bertz CT molecular complexity index is 785. The molecule has 0 radical (unpaired) electrons. The highest BCUT2D eigenvalue weighted by Gasteiger charge is 2.15. The molecule has 5 heteroatoms. The van der Waals surface area contributed by atoms with Crippen LogP contribution in [0.25, 0.3) is 0 Å². The first kappa shape index (κ1) is 14.8. The van der Waals surface area contributed by atoms with Crippen LogP contribution in [0, 0.1) is 5.82 Å². The summed E-state index contributed by atoms with van der Waals surface area (Å²) in [4.78, 5) is 12.1. The van der Waals surface area contributed by atoms with Crippen LogP contribution in [0.5, 0.6) is 5.75 Å². The van der Waals surface area contributed by atoms with Crippen LogP contribution in [0.3, 0.4) is 0 Å². The first-order valence-corrected chi connectivity index (χ1v) is 7.03. The monoisotopic (exact) mass is 311 g/mol. The van der Waals surface area contributed by atoms with Gasteiger partial charge in [-0.3, -0.25) is 4.79 Å². The summed E-state index contributed by atoms with van der Waals surface area (Å²) in [5, 5.41) is 2.52. The number of carbonyl (C=O) groups is 1. The van der Waals surface area contributed by atoms with Gasteiger partial charge in [0.2, 0.25) is 0 Å². The minimum atomic E-state index is -0.563. The van der Waals surface area contributed by atoms with Crippen molar-refractivity contribution in [3.05, 3.63) is 84.1 Å². The molecule has 0 fully saturated rings. The van der Waals surface area contributed by atoms with Crippen LogP contribution in [0.2, 0.25) is 0 Å². The number of para-hydroxylation sites is 1. The Morgan fingerprint density at radius 2 is 1.91 bits per heavy atom. The van der Waals surface area contributed by atoms with Crippen LogP contribution in [0.15, 0.2) is 71.5 Å². The summed E-state index contributed by atoms with van der Waals surface area (Å²) in [5.41, 5.74) is 1.26. The lowest BCUT2D eigenvalue weighted by atomic mass is 10.2. The first-order valence-electron chi connectivity index (χ1n) is 7.03. The molecule has 2 aromatic carbocycles. The zero-order valence-electron chi connectivity index (χ0n) is 12.2. The third-order valence-corrected chi connectivity index (χ3v) is 3.23. The minimum Gasteiger partial charge on any atom is -0.487 e. The zero-order valence-corrected chi connectivity index (χ0v) is 12.2. The molecule has 1 N–H and O–H groups in total. The number of halogens is 1. The predicted octanol–water partition coefficient (Wildman–Crippen LogP) is 4.25. The highest BCUT2D eigenvalue weighted by Crippen LogP contribution is 2.28. The molecule has 116 valence electrons. The Morgan fingerprint density at radius 3 is 2.65 bits per heavy atom. The molecule has 1 aromatic heterocycles. The highest BCUT2D eigenvalue weighted by molar-refractivity contribution is 6.04. The smallest absolute Gasteiger partial charge is 0.259 e. The number of carbonyl (C=O) groups excluding carboxylic acids is 1. The zero-order chi connectivity index (χ0) is 16.1. The fourth-order valence-corrected chi connectivity index (χ4v) is 2.06. The second kappa shape index (κ2) is 6.79. The molecule has 3 aromatic rings. The van der Waals surface area contributed by atoms with Crippen molar-refractivity contribution in [1.29, 1.82) is 0 Å². The van der Waals surface area contributed by atoms with Crippen molar-refractivity contribution in [2.45, 2.75) is 6.61 Å². The van der Waals surface area contributed by atoms with Gasteiger partial charge in [0.15, 0.2) is 5.82 Å². The highest BCUT2D eigenvalue weighted by atomic mass is 19.1. The van der Waals surface area contributed by atoms with Gasteiger partial charge in [-0.15, -0.1) is 0 Å². The number of benzene rings is 2. The van der Waals surface area contributed by atoms with Gasteiger partial charge in [0.25, 0.3) is 5.91 Å².